The molecule has 0 spiro atoms. The van der Waals surface area contributed by atoms with Gasteiger partial charge in [-0.25, -0.2) is 4.98 Å². The van der Waals surface area contributed by atoms with Crippen LogP contribution in [-0.2, 0) is 6.54 Å². The van der Waals surface area contributed by atoms with Crippen molar-refractivity contribution in [2.24, 2.45) is 5.92 Å². The highest BCUT2D eigenvalue weighted by atomic mass is 32.1. The predicted octanol–water partition coefficient (Wildman–Crippen LogP) is 3.90. The molecule has 0 aromatic carbocycles. The lowest BCUT2D eigenvalue weighted by atomic mass is 9.78. The van der Waals surface area contributed by atoms with Crippen LogP contribution >= 0.6 is 11.3 Å². The van der Waals surface area contributed by atoms with E-state index in [9.17, 15) is 0 Å². The first-order chi connectivity index (χ1) is 10.4. The van der Waals surface area contributed by atoms with Crippen LogP contribution in [0, 0.1) is 5.92 Å². The standard InChI is InChI=1S/C17H27N3S/c1-18-11-15-16(13-8-9-13)19-17(21-15)20-10-4-6-12-5-2-3-7-14(12)20/h12-14,18H,2-11H2,1H3/t12-,14-/m1/s1. The third kappa shape index (κ3) is 2.72. The third-order valence-electron chi connectivity index (χ3n) is 5.51. The Bertz CT molecular complexity index is 492. The molecular formula is C17H27N3S. The van der Waals surface area contributed by atoms with Crippen LogP contribution in [0.4, 0.5) is 5.13 Å². The Kier molecular flexibility index (Phi) is 3.92. The Morgan fingerprint density at radius 3 is 2.76 bits per heavy atom. The molecule has 1 aromatic rings. The van der Waals surface area contributed by atoms with E-state index < -0.39 is 0 Å². The molecule has 4 rings (SSSR count). The number of hydrogen-bond acceptors (Lipinski definition) is 4. The SMILES string of the molecule is CNCc1sc(N2CCC[C@H]3CCCC[C@H]32)nc1C1CC1. The summed E-state index contributed by atoms with van der Waals surface area (Å²) in [6.07, 6.45) is 11.2. The minimum absolute atomic E-state index is 0.769. The molecule has 4 heteroatoms. The monoisotopic (exact) mass is 305 g/mol. The summed E-state index contributed by atoms with van der Waals surface area (Å²) in [6, 6.07) is 0.785. The van der Waals surface area contributed by atoms with Gasteiger partial charge in [0, 0.05) is 29.9 Å². The number of hydrogen-bond donors (Lipinski definition) is 1. The van der Waals surface area contributed by atoms with Gasteiger partial charge in [-0.15, -0.1) is 11.3 Å². The van der Waals surface area contributed by atoms with Crippen LogP contribution in [0.3, 0.4) is 0 Å². The van der Waals surface area contributed by atoms with Crippen LogP contribution in [0.25, 0.3) is 0 Å². The summed E-state index contributed by atoms with van der Waals surface area (Å²) in [5.74, 6) is 1.71. The minimum Gasteiger partial charge on any atom is -0.345 e. The van der Waals surface area contributed by atoms with Crippen LogP contribution in [0.2, 0.25) is 0 Å². The van der Waals surface area contributed by atoms with Gasteiger partial charge in [0.2, 0.25) is 0 Å². The van der Waals surface area contributed by atoms with Crippen LogP contribution < -0.4 is 10.2 Å². The molecular weight excluding hydrogens is 278 g/mol. The molecule has 0 amide bonds. The molecule has 2 atom stereocenters. The first-order valence-corrected chi connectivity index (χ1v) is 9.59. The van der Waals surface area contributed by atoms with Gasteiger partial charge in [-0.2, -0.15) is 0 Å². The first-order valence-electron chi connectivity index (χ1n) is 8.77. The highest BCUT2D eigenvalue weighted by Crippen LogP contribution is 2.46. The lowest BCUT2D eigenvalue weighted by molar-refractivity contribution is 0.243. The van der Waals surface area contributed by atoms with Crippen molar-refractivity contribution in [3.8, 4) is 0 Å². The number of thiazole rings is 1. The van der Waals surface area contributed by atoms with Gasteiger partial charge in [0.1, 0.15) is 0 Å². The molecule has 0 radical (unpaired) electrons. The maximum absolute atomic E-state index is 5.11. The number of aromatic nitrogens is 1. The van der Waals surface area contributed by atoms with Gasteiger partial charge in [-0.1, -0.05) is 12.8 Å². The van der Waals surface area contributed by atoms with Crippen molar-refractivity contribution < 1.29 is 0 Å². The molecule has 0 bridgehead atoms. The van der Waals surface area contributed by atoms with E-state index >= 15 is 0 Å². The molecule has 1 aromatic heterocycles. The van der Waals surface area contributed by atoms with E-state index in [1.54, 1.807) is 0 Å². The summed E-state index contributed by atoms with van der Waals surface area (Å²) in [5, 5.41) is 4.66. The Morgan fingerprint density at radius 1 is 1.14 bits per heavy atom. The van der Waals surface area contributed by atoms with Gasteiger partial charge in [0.15, 0.2) is 5.13 Å². The number of anilines is 1. The fourth-order valence-corrected chi connectivity index (χ4v) is 5.54. The molecule has 1 saturated heterocycles. The summed E-state index contributed by atoms with van der Waals surface area (Å²) in [4.78, 5) is 9.29. The van der Waals surface area contributed by atoms with Gasteiger partial charge in [-0.05, 0) is 51.5 Å². The van der Waals surface area contributed by atoms with E-state index in [2.05, 4.69) is 10.2 Å². The van der Waals surface area contributed by atoms with Crippen LogP contribution in [-0.4, -0.2) is 24.6 Å². The molecule has 2 aliphatic carbocycles. The van der Waals surface area contributed by atoms with Crippen molar-refractivity contribution in [1.82, 2.24) is 10.3 Å². The minimum atomic E-state index is 0.769. The second kappa shape index (κ2) is 5.88. The Labute approximate surface area is 132 Å². The van der Waals surface area contributed by atoms with Gasteiger partial charge < -0.3 is 10.2 Å². The smallest absolute Gasteiger partial charge is 0.186 e. The number of piperidine rings is 1. The summed E-state index contributed by atoms with van der Waals surface area (Å²) in [7, 11) is 2.05. The Balaban J connectivity index is 1.60. The zero-order valence-electron chi connectivity index (χ0n) is 13.1. The van der Waals surface area contributed by atoms with Crippen LogP contribution in [0.1, 0.15) is 67.9 Å². The van der Waals surface area contributed by atoms with Crippen LogP contribution in [0.5, 0.6) is 0 Å². The summed E-state index contributed by atoms with van der Waals surface area (Å²) >= 11 is 1.97. The molecule has 3 fully saturated rings. The van der Waals surface area contributed by atoms with Crippen LogP contribution in [0.15, 0.2) is 0 Å². The quantitative estimate of drug-likeness (QED) is 0.914. The maximum Gasteiger partial charge on any atom is 0.186 e. The normalized spacial score (nSPS) is 29.5. The summed E-state index contributed by atoms with van der Waals surface area (Å²) < 4.78 is 0. The fraction of sp³-hybridized carbons (Fsp3) is 0.824. The number of nitrogens with one attached hydrogen (secondary N) is 1. The highest BCUT2D eigenvalue weighted by molar-refractivity contribution is 7.15. The van der Waals surface area contributed by atoms with E-state index in [1.165, 1.54) is 73.6 Å². The number of fused-ring (bicyclic) bond motifs is 1. The average molecular weight is 305 g/mol. The first kappa shape index (κ1) is 14.0. The molecule has 1 aliphatic heterocycles. The maximum atomic E-state index is 5.11. The second-order valence-electron chi connectivity index (χ2n) is 7.06. The summed E-state index contributed by atoms with van der Waals surface area (Å²) in [6.45, 7) is 2.23. The van der Waals surface area contributed by atoms with Crippen molar-refractivity contribution >= 4 is 16.5 Å². The number of rotatable bonds is 4. The molecule has 3 aliphatic rings. The third-order valence-corrected chi connectivity index (χ3v) is 6.61. The van der Waals surface area contributed by atoms with Gasteiger partial charge in [-0.3, -0.25) is 0 Å². The van der Waals surface area contributed by atoms with Gasteiger partial charge >= 0.3 is 0 Å². The Morgan fingerprint density at radius 2 is 1.95 bits per heavy atom. The zero-order valence-corrected chi connectivity index (χ0v) is 13.9. The number of nitrogens with zero attached hydrogens (tertiary/aromatic N) is 2. The van der Waals surface area contributed by atoms with E-state index in [0.29, 0.717) is 0 Å². The van der Waals surface area contributed by atoms with Crippen molar-refractivity contribution in [3.63, 3.8) is 0 Å². The van der Waals surface area contributed by atoms with Gasteiger partial charge in [0.05, 0.1) is 5.69 Å². The zero-order chi connectivity index (χ0) is 14.2. The molecule has 116 valence electrons. The second-order valence-corrected chi connectivity index (χ2v) is 8.12. The summed E-state index contributed by atoms with van der Waals surface area (Å²) in [5.41, 5.74) is 1.42. The average Bonchev–Trinajstić information content (AvgIpc) is 3.28. The highest BCUT2D eigenvalue weighted by Gasteiger charge is 2.36. The topological polar surface area (TPSA) is 28.2 Å². The van der Waals surface area contributed by atoms with Crippen molar-refractivity contribution in [3.05, 3.63) is 10.6 Å². The van der Waals surface area contributed by atoms with E-state index in [-0.39, 0.29) is 0 Å². The lowest BCUT2D eigenvalue weighted by Crippen LogP contribution is -2.46. The fourth-order valence-electron chi connectivity index (χ4n) is 4.30. The molecule has 2 heterocycles. The molecule has 2 saturated carbocycles. The lowest BCUT2D eigenvalue weighted by Gasteiger charge is -2.44. The largest absolute Gasteiger partial charge is 0.345 e. The van der Waals surface area contributed by atoms with E-state index in [1.807, 2.05) is 18.4 Å². The molecule has 3 nitrogen and oxygen atoms in total. The van der Waals surface area contributed by atoms with Crippen molar-refractivity contribution in [1.29, 1.82) is 0 Å². The Hall–Kier alpha value is -0.610. The van der Waals surface area contributed by atoms with E-state index in [4.69, 9.17) is 4.98 Å². The van der Waals surface area contributed by atoms with E-state index in [0.717, 1.165) is 24.4 Å². The van der Waals surface area contributed by atoms with Crippen molar-refractivity contribution in [2.45, 2.75) is 69.9 Å². The molecule has 21 heavy (non-hydrogen) atoms. The van der Waals surface area contributed by atoms with Crippen molar-refractivity contribution in [2.75, 3.05) is 18.5 Å². The predicted molar refractivity (Wildman–Crippen MR) is 89.2 cm³/mol. The van der Waals surface area contributed by atoms with Gasteiger partial charge in [0.25, 0.3) is 0 Å². The molecule has 1 N–H and O–H groups in total. The molecule has 0 unspecified atom stereocenters.